The van der Waals surface area contributed by atoms with Crippen molar-refractivity contribution in [2.75, 3.05) is 26.3 Å². The molecule has 2 aliphatic heterocycles. The largest absolute Gasteiger partial charge is 0.379 e. The van der Waals surface area contributed by atoms with Crippen LogP contribution in [0.4, 0.5) is 0 Å². The Balaban J connectivity index is 1.80. The molecule has 3 N–H and O–H groups in total. The first kappa shape index (κ1) is 11.3. The minimum Gasteiger partial charge on any atom is -0.379 e. The lowest BCUT2D eigenvalue weighted by Crippen LogP contribution is -2.53. The fourth-order valence-electron chi connectivity index (χ4n) is 3.43. The van der Waals surface area contributed by atoms with Gasteiger partial charge in [-0.1, -0.05) is 6.07 Å². The third-order valence-corrected chi connectivity index (χ3v) is 4.65. The van der Waals surface area contributed by atoms with Crippen molar-refractivity contribution < 1.29 is 4.74 Å². The molecule has 0 radical (unpaired) electrons. The topological polar surface area (TPSA) is 69.9 Å². The normalized spacial score (nSPS) is 25.6. The zero-order valence-corrected chi connectivity index (χ0v) is 10.7. The molecule has 1 aromatic carbocycles. The second-order valence-electron chi connectivity index (χ2n) is 5.68. The molecule has 100 valence electrons. The van der Waals surface area contributed by atoms with Gasteiger partial charge in [0.1, 0.15) is 0 Å². The molecule has 1 atom stereocenters. The molecular weight excluding hydrogens is 242 g/mol. The maximum absolute atomic E-state index is 11.3. The monoisotopic (exact) mass is 259 g/mol. The summed E-state index contributed by atoms with van der Waals surface area (Å²) in [5.74, 6) is 0.629. The first-order valence-corrected chi connectivity index (χ1v) is 6.79. The molecule has 0 saturated carbocycles. The number of ether oxygens (including phenoxy) is 1. The van der Waals surface area contributed by atoms with Crippen molar-refractivity contribution in [1.29, 1.82) is 0 Å². The van der Waals surface area contributed by atoms with Crippen LogP contribution in [-0.4, -0.2) is 36.3 Å². The number of aromatic amines is 2. The van der Waals surface area contributed by atoms with Gasteiger partial charge in [-0.25, -0.2) is 4.79 Å². The molecule has 0 amide bonds. The smallest absolute Gasteiger partial charge is 0.323 e. The molecule has 5 heteroatoms. The second kappa shape index (κ2) is 3.95. The standard InChI is InChI=1S/C14H17N3O2/c18-13-16-11-2-1-9(5-12(11)17-13)14(7-19-8-14)10-3-4-15-6-10/h1-2,5,10,15H,3-4,6-8H2,(H2,16,17,18). The molecule has 5 nitrogen and oxygen atoms in total. The van der Waals surface area contributed by atoms with Gasteiger partial charge in [-0.3, -0.25) is 0 Å². The van der Waals surface area contributed by atoms with Crippen LogP contribution >= 0.6 is 0 Å². The van der Waals surface area contributed by atoms with Crippen LogP contribution in [0.25, 0.3) is 11.0 Å². The minimum atomic E-state index is -0.145. The minimum absolute atomic E-state index is 0.131. The van der Waals surface area contributed by atoms with Gasteiger partial charge in [0, 0.05) is 5.41 Å². The fourth-order valence-corrected chi connectivity index (χ4v) is 3.43. The number of hydrogen-bond donors (Lipinski definition) is 3. The lowest BCUT2D eigenvalue weighted by Gasteiger charge is -2.46. The van der Waals surface area contributed by atoms with E-state index in [2.05, 4.69) is 27.4 Å². The molecule has 0 spiro atoms. The molecule has 2 saturated heterocycles. The SMILES string of the molecule is O=c1[nH]c2ccc(C3(C4CCNC4)COC3)cc2[nH]1. The zero-order chi connectivity index (χ0) is 12.9. The van der Waals surface area contributed by atoms with Gasteiger partial charge >= 0.3 is 5.69 Å². The molecule has 1 aromatic heterocycles. The van der Waals surface area contributed by atoms with Gasteiger partial charge in [0.15, 0.2) is 0 Å². The van der Waals surface area contributed by atoms with E-state index in [0.717, 1.165) is 37.3 Å². The first-order valence-electron chi connectivity index (χ1n) is 6.79. The van der Waals surface area contributed by atoms with Gasteiger partial charge in [0.2, 0.25) is 0 Å². The van der Waals surface area contributed by atoms with Crippen LogP contribution in [0.2, 0.25) is 0 Å². The van der Waals surface area contributed by atoms with Crippen LogP contribution < -0.4 is 11.0 Å². The summed E-state index contributed by atoms with van der Waals surface area (Å²) in [6, 6.07) is 6.23. The molecule has 0 bridgehead atoms. The van der Waals surface area contributed by atoms with E-state index in [1.165, 1.54) is 12.0 Å². The van der Waals surface area contributed by atoms with E-state index >= 15 is 0 Å². The predicted octanol–water partition coefficient (Wildman–Crippen LogP) is 0.734. The summed E-state index contributed by atoms with van der Waals surface area (Å²) in [5.41, 5.74) is 3.03. The van der Waals surface area contributed by atoms with Crippen molar-refractivity contribution in [2.24, 2.45) is 5.92 Å². The number of fused-ring (bicyclic) bond motifs is 1. The third kappa shape index (κ3) is 1.58. The molecule has 2 fully saturated rings. The summed E-state index contributed by atoms with van der Waals surface area (Å²) in [5, 5.41) is 3.44. The molecule has 1 unspecified atom stereocenters. The van der Waals surface area contributed by atoms with Gasteiger partial charge in [-0.05, 0) is 43.1 Å². The number of benzene rings is 1. The van der Waals surface area contributed by atoms with E-state index in [1.807, 2.05) is 6.07 Å². The van der Waals surface area contributed by atoms with Crippen molar-refractivity contribution in [3.63, 3.8) is 0 Å². The lowest BCUT2D eigenvalue weighted by molar-refractivity contribution is -0.0868. The zero-order valence-electron chi connectivity index (χ0n) is 10.7. The third-order valence-electron chi connectivity index (χ3n) is 4.65. The van der Waals surface area contributed by atoms with E-state index in [0.29, 0.717) is 5.92 Å². The Bertz CT molecular complexity index is 663. The molecule has 3 heterocycles. The summed E-state index contributed by atoms with van der Waals surface area (Å²) >= 11 is 0. The highest BCUT2D eigenvalue weighted by Gasteiger charge is 2.47. The highest BCUT2D eigenvalue weighted by Crippen LogP contribution is 2.42. The van der Waals surface area contributed by atoms with Crippen LogP contribution in [0.15, 0.2) is 23.0 Å². The summed E-state index contributed by atoms with van der Waals surface area (Å²) in [6.07, 6.45) is 1.20. The average molecular weight is 259 g/mol. The maximum Gasteiger partial charge on any atom is 0.323 e. The van der Waals surface area contributed by atoms with Gasteiger partial charge in [0.05, 0.1) is 24.2 Å². The fraction of sp³-hybridized carbons (Fsp3) is 0.500. The van der Waals surface area contributed by atoms with E-state index < -0.39 is 0 Å². The van der Waals surface area contributed by atoms with Gasteiger partial charge < -0.3 is 20.0 Å². The number of aromatic nitrogens is 2. The van der Waals surface area contributed by atoms with E-state index in [9.17, 15) is 4.79 Å². The number of hydrogen-bond acceptors (Lipinski definition) is 3. The number of nitrogens with one attached hydrogen (secondary N) is 3. The Hall–Kier alpha value is -1.59. The van der Waals surface area contributed by atoms with Crippen LogP contribution in [0.5, 0.6) is 0 Å². The summed E-state index contributed by atoms with van der Waals surface area (Å²) in [6.45, 7) is 3.74. The van der Waals surface area contributed by atoms with Crippen molar-refractivity contribution in [3.8, 4) is 0 Å². The van der Waals surface area contributed by atoms with Crippen LogP contribution in [0.1, 0.15) is 12.0 Å². The lowest BCUT2D eigenvalue weighted by atomic mass is 9.68. The highest BCUT2D eigenvalue weighted by molar-refractivity contribution is 5.75. The molecule has 4 rings (SSSR count). The predicted molar refractivity (Wildman–Crippen MR) is 72.4 cm³/mol. The molecule has 2 aromatic rings. The highest BCUT2D eigenvalue weighted by atomic mass is 16.5. The maximum atomic E-state index is 11.3. The van der Waals surface area contributed by atoms with Crippen molar-refractivity contribution >= 4 is 11.0 Å². The van der Waals surface area contributed by atoms with Gasteiger partial charge in [-0.15, -0.1) is 0 Å². The second-order valence-corrected chi connectivity index (χ2v) is 5.68. The summed E-state index contributed by atoms with van der Waals surface area (Å²) < 4.78 is 5.51. The van der Waals surface area contributed by atoms with Crippen molar-refractivity contribution in [2.45, 2.75) is 11.8 Å². The van der Waals surface area contributed by atoms with E-state index in [1.54, 1.807) is 0 Å². The Morgan fingerprint density at radius 2 is 2.05 bits per heavy atom. The Morgan fingerprint density at radius 3 is 2.74 bits per heavy atom. The quantitative estimate of drug-likeness (QED) is 0.745. The van der Waals surface area contributed by atoms with Crippen LogP contribution in [0, 0.1) is 5.92 Å². The molecule has 2 aliphatic rings. The van der Waals surface area contributed by atoms with E-state index in [-0.39, 0.29) is 11.1 Å². The number of imidazole rings is 1. The number of rotatable bonds is 2. The summed E-state index contributed by atoms with van der Waals surface area (Å²) in [7, 11) is 0. The summed E-state index contributed by atoms with van der Waals surface area (Å²) in [4.78, 5) is 17.0. The Kier molecular flexibility index (Phi) is 2.34. The molecule has 0 aliphatic carbocycles. The van der Waals surface area contributed by atoms with Crippen LogP contribution in [0.3, 0.4) is 0 Å². The van der Waals surface area contributed by atoms with Gasteiger partial charge in [0.25, 0.3) is 0 Å². The van der Waals surface area contributed by atoms with Crippen molar-refractivity contribution in [1.82, 2.24) is 15.3 Å². The van der Waals surface area contributed by atoms with E-state index in [4.69, 9.17) is 4.74 Å². The van der Waals surface area contributed by atoms with Crippen molar-refractivity contribution in [3.05, 3.63) is 34.2 Å². The molecule has 19 heavy (non-hydrogen) atoms. The first-order chi connectivity index (χ1) is 9.28. The Morgan fingerprint density at radius 1 is 1.21 bits per heavy atom. The molecular formula is C14H17N3O2. The average Bonchev–Trinajstić information content (AvgIpc) is 2.95. The van der Waals surface area contributed by atoms with Gasteiger partial charge in [-0.2, -0.15) is 0 Å². The van der Waals surface area contributed by atoms with Crippen LogP contribution in [-0.2, 0) is 10.2 Å². The Labute approximate surface area is 110 Å². The number of H-pyrrole nitrogens is 2.